The zero-order chi connectivity index (χ0) is 58.7. The highest BCUT2D eigenvalue weighted by atomic mass is 15.2. The van der Waals surface area contributed by atoms with Gasteiger partial charge in [-0.1, -0.05) is 231 Å². The third-order valence-corrected chi connectivity index (χ3v) is 20.1. The fourth-order valence-electron chi connectivity index (χ4n) is 16.4. The van der Waals surface area contributed by atoms with E-state index < -0.39 is 0 Å². The van der Waals surface area contributed by atoms with Gasteiger partial charge in [0.15, 0.2) is 0 Å². The van der Waals surface area contributed by atoms with E-state index in [1.807, 2.05) is 0 Å². The molecule has 4 heterocycles. The van der Waals surface area contributed by atoms with Crippen molar-refractivity contribution in [3.63, 3.8) is 0 Å². The van der Waals surface area contributed by atoms with E-state index in [0.29, 0.717) is 0 Å². The molecule has 0 radical (unpaired) electrons. The van der Waals surface area contributed by atoms with Gasteiger partial charge < -0.3 is 20.0 Å². The Morgan fingerprint density at radius 1 is 0.200 bits per heavy atom. The summed E-state index contributed by atoms with van der Waals surface area (Å²) in [5, 5.41) is 19.3. The number of anilines is 11. The topological polar surface area (TPSA) is 21.8 Å². The molecule has 0 saturated carbocycles. The van der Waals surface area contributed by atoms with Crippen molar-refractivity contribution in [2.45, 2.75) is 0 Å². The first kappa shape index (κ1) is 49.5. The maximum absolute atomic E-state index is 4.23. The summed E-state index contributed by atoms with van der Waals surface area (Å²) >= 11 is 0. The van der Waals surface area contributed by atoms with Crippen molar-refractivity contribution < 1.29 is 0 Å². The molecular weight excluding hydrogens is 1090 g/mol. The molecule has 4 aliphatic heterocycles. The van der Waals surface area contributed by atoms with Gasteiger partial charge in [-0.15, -0.1) is 0 Å². The van der Waals surface area contributed by atoms with Crippen LogP contribution in [0.25, 0.3) is 86.9 Å². The van der Waals surface area contributed by atoms with Gasteiger partial charge in [0.1, 0.15) is 0 Å². The van der Waals surface area contributed by atoms with Gasteiger partial charge in [-0.3, -0.25) is 0 Å². The van der Waals surface area contributed by atoms with E-state index in [2.05, 4.69) is 329 Å². The second kappa shape index (κ2) is 19.0. The average Bonchev–Trinajstić information content (AvgIpc) is 0.701. The molecule has 0 fully saturated rings. The molecule has 16 aromatic rings. The van der Waals surface area contributed by atoms with Gasteiger partial charge >= 0.3 is 0 Å². The van der Waals surface area contributed by atoms with E-state index in [-0.39, 0.29) is 13.4 Å². The van der Waals surface area contributed by atoms with Crippen LogP contribution in [0.1, 0.15) is 0 Å². The highest BCUT2D eigenvalue weighted by Crippen LogP contribution is 2.50. The molecule has 90 heavy (non-hydrogen) atoms. The first-order valence-electron chi connectivity index (χ1n) is 31.4. The molecule has 1 N–H and O–H groups in total. The summed E-state index contributed by atoms with van der Waals surface area (Å²) in [7, 11) is 0. The van der Waals surface area contributed by atoms with E-state index >= 15 is 0 Å². The van der Waals surface area contributed by atoms with Crippen LogP contribution in [0.3, 0.4) is 0 Å². The second-order valence-corrected chi connectivity index (χ2v) is 24.7. The quantitative estimate of drug-likeness (QED) is 0.137. The first-order chi connectivity index (χ1) is 44.7. The van der Waals surface area contributed by atoms with Gasteiger partial charge in [-0.2, -0.15) is 0 Å². The summed E-state index contributed by atoms with van der Waals surface area (Å²) in [4.78, 5) is 7.71. The van der Waals surface area contributed by atoms with Gasteiger partial charge in [-0.05, 0) is 199 Å². The number of benzene rings is 16. The molecule has 0 spiro atoms. The lowest BCUT2D eigenvalue weighted by Gasteiger charge is -2.46. The van der Waals surface area contributed by atoms with Crippen molar-refractivity contribution in [2.75, 3.05) is 20.0 Å². The van der Waals surface area contributed by atoms with Crippen LogP contribution in [0.15, 0.2) is 309 Å². The predicted octanol–water partition coefficient (Wildman–Crippen LogP) is 18.4. The third-order valence-electron chi connectivity index (χ3n) is 20.1. The van der Waals surface area contributed by atoms with Crippen LogP contribution < -0.4 is 52.8 Å². The molecule has 0 bridgehead atoms. The van der Waals surface area contributed by atoms with Gasteiger partial charge in [0, 0.05) is 62.6 Å². The van der Waals surface area contributed by atoms with Crippen molar-refractivity contribution in [2.24, 2.45) is 0 Å². The van der Waals surface area contributed by atoms with E-state index in [9.17, 15) is 0 Å². The van der Waals surface area contributed by atoms with E-state index in [1.165, 1.54) is 137 Å². The van der Waals surface area contributed by atoms with Crippen LogP contribution in [0.2, 0.25) is 0 Å². The smallest absolute Gasteiger partial charge is 0.252 e. The minimum absolute atomic E-state index is 0.0774. The van der Waals surface area contributed by atoms with Gasteiger partial charge in [0.05, 0.1) is 0 Å². The van der Waals surface area contributed by atoms with Crippen molar-refractivity contribution in [1.29, 1.82) is 0 Å². The van der Waals surface area contributed by atoms with Crippen molar-refractivity contribution in [3.8, 4) is 22.3 Å². The lowest BCUT2D eigenvalue weighted by molar-refractivity contribution is 1.26. The Hall–Kier alpha value is -11.6. The molecule has 0 atom stereocenters. The number of nitrogens with one attached hydrogen (secondary N) is 1. The molecule has 414 valence electrons. The Kier molecular flexibility index (Phi) is 10.4. The van der Waals surface area contributed by atoms with Crippen molar-refractivity contribution in [3.05, 3.63) is 309 Å². The molecule has 4 aliphatic rings. The minimum Gasteiger partial charge on any atom is -0.356 e. The summed E-state index contributed by atoms with van der Waals surface area (Å²) in [5.41, 5.74) is 25.0. The van der Waals surface area contributed by atoms with Crippen molar-refractivity contribution >= 4 is 173 Å². The SMILES string of the molecule is c1ccc(-c2cc3c4c(c2)N(c2ccccc2)c2ccccc2B4c2cc4c(cc2N3)N(c2ccc3c5ccccc5c5ccccc5c3c2)c2cc(-c3ccccc3)cc3c2B4c2ccccc2N3c2ccc3c4ccccc4c4ccccc4c3c2)cc1. The third kappa shape index (κ3) is 7.04. The van der Waals surface area contributed by atoms with Crippen LogP contribution in [0.5, 0.6) is 0 Å². The summed E-state index contributed by atoms with van der Waals surface area (Å²) in [6, 6.07) is 116. The Labute approximate surface area is 521 Å². The Morgan fingerprint density at radius 3 is 1.06 bits per heavy atom. The zero-order valence-corrected chi connectivity index (χ0v) is 48.9. The first-order valence-corrected chi connectivity index (χ1v) is 31.4. The fraction of sp³-hybridized carbons (Fsp3) is 0. The molecule has 0 saturated heterocycles. The number of hydrogen-bond donors (Lipinski definition) is 1. The standard InChI is InChI=1S/C84H52B2N4/c1-4-22-52(23-5-1)54-44-76-83-80(45-54)88(56-26-8-3-9-27-56)77-38-20-18-36-71(77)85(83)73-50-74-79(51-75(73)87-76)90(58-41-43-68-64-33-13-11-29-60(64)62-31-15-17-35-66(62)70(68)49-58)82-47-55(53-24-6-2-7-25-53)46-81-84(82)86(74)72-37-19-21-39-78(72)89(81)57-40-42-67-63-32-12-10-28-59(63)61-30-14-16-34-65(61)69(67)48-57/h1-51,87H. The number of rotatable bonds is 5. The monoisotopic (exact) mass is 1140 g/mol. The highest BCUT2D eigenvalue weighted by molar-refractivity contribution is 7.03. The number of para-hydroxylation sites is 3. The van der Waals surface area contributed by atoms with Crippen LogP contribution >= 0.6 is 0 Å². The van der Waals surface area contributed by atoms with E-state index in [4.69, 9.17) is 0 Å². The lowest BCUT2D eigenvalue weighted by atomic mass is 9.30. The largest absolute Gasteiger partial charge is 0.356 e. The molecule has 20 rings (SSSR count). The molecule has 0 unspecified atom stereocenters. The molecule has 16 aromatic carbocycles. The summed E-state index contributed by atoms with van der Waals surface area (Å²) in [6.07, 6.45) is 0. The van der Waals surface area contributed by atoms with Crippen LogP contribution in [-0.4, -0.2) is 13.4 Å². The predicted molar refractivity (Wildman–Crippen MR) is 385 cm³/mol. The number of nitrogens with zero attached hydrogens (tertiary/aromatic N) is 3. The molecule has 0 aliphatic carbocycles. The van der Waals surface area contributed by atoms with E-state index in [0.717, 1.165) is 45.4 Å². The maximum Gasteiger partial charge on any atom is 0.252 e. The molecule has 0 aromatic heterocycles. The summed E-state index contributed by atoms with van der Waals surface area (Å²) in [6.45, 7) is -0.216. The zero-order valence-electron chi connectivity index (χ0n) is 48.9. The molecular formula is C84H52B2N4. The maximum atomic E-state index is 4.23. The number of fused-ring (bicyclic) bond motifs is 20. The van der Waals surface area contributed by atoms with Crippen LogP contribution in [0, 0.1) is 0 Å². The van der Waals surface area contributed by atoms with Gasteiger partial charge in [0.2, 0.25) is 0 Å². The van der Waals surface area contributed by atoms with Crippen LogP contribution in [0.4, 0.5) is 62.6 Å². The summed E-state index contributed by atoms with van der Waals surface area (Å²) in [5.74, 6) is 0. The molecule has 6 heteroatoms. The van der Waals surface area contributed by atoms with Crippen molar-refractivity contribution in [1.82, 2.24) is 0 Å². The van der Waals surface area contributed by atoms with Crippen LogP contribution in [-0.2, 0) is 0 Å². The summed E-state index contributed by atoms with van der Waals surface area (Å²) < 4.78 is 0. The number of hydrogen-bond acceptors (Lipinski definition) is 4. The average molecular weight is 1140 g/mol. The lowest BCUT2D eigenvalue weighted by Crippen LogP contribution is -2.64. The van der Waals surface area contributed by atoms with E-state index in [1.54, 1.807) is 0 Å². The Morgan fingerprint density at radius 2 is 0.567 bits per heavy atom. The molecule has 4 nitrogen and oxygen atoms in total. The van der Waals surface area contributed by atoms with Gasteiger partial charge in [-0.25, -0.2) is 0 Å². The normalized spacial score (nSPS) is 13.3. The Bertz CT molecular complexity index is 5680. The Balaban J connectivity index is 0.893. The fourth-order valence-corrected chi connectivity index (χ4v) is 16.4. The molecule has 0 amide bonds. The second-order valence-electron chi connectivity index (χ2n) is 24.7. The van der Waals surface area contributed by atoms with Gasteiger partial charge in [0.25, 0.3) is 13.4 Å². The minimum atomic E-state index is -0.139. The highest BCUT2D eigenvalue weighted by Gasteiger charge is 2.47.